The quantitative estimate of drug-likeness (QED) is 0.708. The topological polar surface area (TPSA) is 66.9 Å². The number of hydrogen-bond donors (Lipinski definition) is 2. The van der Waals surface area contributed by atoms with E-state index in [9.17, 15) is 4.79 Å². The largest absolute Gasteiger partial charge is 0.370 e. The Morgan fingerprint density at radius 1 is 1.32 bits per heavy atom. The van der Waals surface area contributed by atoms with Crippen molar-refractivity contribution in [3.63, 3.8) is 0 Å². The number of nitrogens with zero attached hydrogens (tertiary/aromatic N) is 2. The van der Waals surface area contributed by atoms with Gasteiger partial charge < -0.3 is 10.6 Å². The summed E-state index contributed by atoms with van der Waals surface area (Å²) in [5.74, 6) is 0.564. The maximum Gasteiger partial charge on any atom is 0.270 e. The molecule has 0 fully saturated rings. The molecule has 0 saturated heterocycles. The number of amides is 1. The lowest BCUT2D eigenvalue weighted by molar-refractivity contribution is 0.0934. The average Bonchev–Trinajstić information content (AvgIpc) is 2.43. The van der Waals surface area contributed by atoms with Crippen LogP contribution in [-0.2, 0) is 0 Å². The molecule has 0 spiro atoms. The highest BCUT2D eigenvalue weighted by molar-refractivity contribution is 5.92. The second-order valence-corrected chi connectivity index (χ2v) is 4.71. The average molecular weight is 264 g/mol. The van der Waals surface area contributed by atoms with E-state index < -0.39 is 0 Å². The maximum absolute atomic E-state index is 11.9. The molecule has 1 unspecified atom stereocenters. The summed E-state index contributed by atoms with van der Waals surface area (Å²) >= 11 is 0. The van der Waals surface area contributed by atoms with Gasteiger partial charge in [-0.15, -0.1) is 0 Å². The van der Waals surface area contributed by atoms with E-state index in [1.165, 1.54) is 19.2 Å². The van der Waals surface area contributed by atoms with Crippen molar-refractivity contribution < 1.29 is 4.79 Å². The number of aromatic nitrogens is 2. The molecule has 1 rings (SSSR count). The van der Waals surface area contributed by atoms with Gasteiger partial charge in [0, 0.05) is 18.7 Å². The second-order valence-electron chi connectivity index (χ2n) is 4.71. The van der Waals surface area contributed by atoms with Crippen LogP contribution in [0.5, 0.6) is 0 Å². The van der Waals surface area contributed by atoms with Crippen molar-refractivity contribution >= 4 is 11.7 Å². The Labute approximate surface area is 115 Å². The third kappa shape index (κ3) is 5.68. The highest BCUT2D eigenvalue weighted by Crippen LogP contribution is 2.05. The Hall–Kier alpha value is -1.65. The minimum Gasteiger partial charge on any atom is -0.370 e. The van der Waals surface area contributed by atoms with Gasteiger partial charge in [-0.1, -0.05) is 26.7 Å². The summed E-state index contributed by atoms with van der Waals surface area (Å²) in [7, 11) is 0. The zero-order valence-corrected chi connectivity index (χ0v) is 12.1. The molecule has 1 atom stereocenters. The van der Waals surface area contributed by atoms with Crippen LogP contribution in [0.1, 0.15) is 56.9 Å². The number of anilines is 1. The first-order valence-corrected chi connectivity index (χ1v) is 7.04. The van der Waals surface area contributed by atoms with Gasteiger partial charge in [0.05, 0.1) is 0 Å². The van der Waals surface area contributed by atoms with Gasteiger partial charge in [0.15, 0.2) is 0 Å². The van der Waals surface area contributed by atoms with Crippen LogP contribution in [0.2, 0.25) is 0 Å². The summed E-state index contributed by atoms with van der Waals surface area (Å²) in [4.78, 5) is 20.0. The van der Waals surface area contributed by atoms with Crippen LogP contribution in [0.3, 0.4) is 0 Å². The summed E-state index contributed by atoms with van der Waals surface area (Å²) < 4.78 is 0. The Bertz CT molecular complexity index is 395. The first-order valence-electron chi connectivity index (χ1n) is 7.04. The summed E-state index contributed by atoms with van der Waals surface area (Å²) in [5, 5.41) is 6.10. The molecule has 0 saturated carbocycles. The van der Waals surface area contributed by atoms with Crippen molar-refractivity contribution in [2.45, 2.75) is 52.5 Å². The van der Waals surface area contributed by atoms with E-state index in [-0.39, 0.29) is 11.9 Å². The first kappa shape index (κ1) is 15.4. The Morgan fingerprint density at radius 3 is 2.79 bits per heavy atom. The summed E-state index contributed by atoms with van der Waals surface area (Å²) in [6, 6.07) is 1.85. The Balaban J connectivity index is 2.53. The fourth-order valence-electron chi connectivity index (χ4n) is 1.57. The molecule has 1 amide bonds. The molecule has 0 aliphatic carbocycles. The van der Waals surface area contributed by atoms with Gasteiger partial charge in [-0.3, -0.25) is 4.79 Å². The van der Waals surface area contributed by atoms with Crippen LogP contribution in [-0.4, -0.2) is 28.5 Å². The number of carbonyl (C=O) groups excluding carboxylic acids is 1. The molecule has 5 nitrogen and oxygen atoms in total. The molecule has 0 aliphatic rings. The maximum atomic E-state index is 11.9. The number of hydrogen-bond acceptors (Lipinski definition) is 4. The fraction of sp³-hybridized carbons (Fsp3) is 0.643. The predicted octanol–water partition coefficient (Wildman–Crippen LogP) is 2.61. The molecule has 1 heterocycles. The standard InChI is InChI=1S/C14H24N4O/c1-4-6-7-8-15-13-9-12(16-10-17-13)14(19)18-11(3)5-2/h9-11H,4-8H2,1-3H3,(H,18,19)(H,15,16,17). The van der Waals surface area contributed by atoms with Crippen molar-refractivity contribution in [3.05, 3.63) is 18.1 Å². The smallest absolute Gasteiger partial charge is 0.270 e. The van der Waals surface area contributed by atoms with Crippen molar-refractivity contribution in [3.8, 4) is 0 Å². The third-order valence-corrected chi connectivity index (χ3v) is 2.98. The van der Waals surface area contributed by atoms with Gasteiger partial charge in [0.25, 0.3) is 5.91 Å². The number of rotatable bonds is 8. The van der Waals surface area contributed by atoms with Crippen LogP contribution in [0.4, 0.5) is 5.82 Å². The molecular formula is C14H24N4O. The van der Waals surface area contributed by atoms with Crippen molar-refractivity contribution in [1.82, 2.24) is 15.3 Å². The van der Waals surface area contributed by atoms with Gasteiger partial charge in [-0.2, -0.15) is 0 Å². The van der Waals surface area contributed by atoms with E-state index in [1.54, 1.807) is 6.07 Å². The van der Waals surface area contributed by atoms with Gasteiger partial charge in [0.2, 0.25) is 0 Å². The molecule has 1 aromatic heterocycles. The molecule has 2 N–H and O–H groups in total. The molecule has 5 heteroatoms. The van der Waals surface area contributed by atoms with Gasteiger partial charge >= 0.3 is 0 Å². The molecular weight excluding hydrogens is 240 g/mol. The fourth-order valence-corrected chi connectivity index (χ4v) is 1.57. The molecule has 0 bridgehead atoms. The SMILES string of the molecule is CCCCCNc1cc(C(=O)NC(C)CC)ncn1. The van der Waals surface area contributed by atoms with Gasteiger partial charge in [0.1, 0.15) is 17.8 Å². The van der Waals surface area contributed by atoms with Crippen LogP contribution < -0.4 is 10.6 Å². The summed E-state index contributed by atoms with van der Waals surface area (Å²) in [6.45, 7) is 7.05. The third-order valence-electron chi connectivity index (χ3n) is 2.98. The molecule has 0 aliphatic heterocycles. The van der Waals surface area contributed by atoms with Crippen LogP contribution in [0.25, 0.3) is 0 Å². The van der Waals surface area contributed by atoms with Crippen LogP contribution >= 0.6 is 0 Å². The van der Waals surface area contributed by atoms with E-state index >= 15 is 0 Å². The molecule has 19 heavy (non-hydrogen) atoms. The number of unbranched alkanes of at least 4 members (excludes halogenated alkanes) is 2. The van der Waals surface area contributed by atoms with Crippen molar-refractivity contribution in [2.75, 3.05) is 11.9 Å². The van der Waals surface area contributed by atoms with Crippen molar-refractivity contribution in [2.24, 2.45) is 0 Å². The minimum absolute atomic E-state index is 0.145. The zero-order chi connectivity index (χ0) is 14.1. The van der Waals surface area contributed by atoms with Gasteiger partial charge in [-0.05, 0) is 19.8 Å². The lowest BCUT2D eigenvalue weighted by atomic mass is 10.2. The normalized spacial score (nSPS) is 11.9. The molecule has 1 aromatic rings. The van der Waals surface area contributed by atoms with Crippen molar-refractivity contribution in [1.29, 1.82) is 0 Å². The van der Waals surface area contributed by atoms with Gasteiger partial charge in [-0.25, -0.2) is 9.97 Å². The first-order chi connectivity index (χ1) is 9.17. The highest BCUT2D eigenvalue weighted by atomic mass is 16.1. The molecule has 0 aromatic carbocycles. The van der Waals surface area contributed by atoms with Crippen LogP contribution in [0, 0.1) is 0 Å². The monoisotopic (exact) mass is 264 g/mol. The van der Waals surface area contributed by atoms with E-state index in [0.717, 1.165) is 19.4 Å². The lowest BCUT2D eigenvalue weighted by Gasteiger charge is -2.11. The minimum atomic E-state index is -0.145. The highest BCUT2D eigenvalue weighted by Gasteiger charge is 2.10. The Kier molecular flexibility index (Phi) is 6.85. The lowest BCUT2D eigenvalue weighted by Crippen LogP contribution is -2.32. The molecule has 106 valence electrons. The molecule has 0 radical (unpaired) electrons. The van der Waals surface area contributed by atoms with E-state index in [2.05, 4.69) is 27.5 Å². The summed E-state index contributed by atoms with van der Waals surface area (Å²) in [5.41, 5.74) is 0.410. The number of carbonyl (C=O) groups is 1. The summed E-state index contributed by atoms with van der Waals surface area (Å²) in [6.07, 6.45) is 5.81. The zero-order valence-electron chi connectivity index (χ0n) is 12.1. The predicted molar refractivity (Wildman–Crippen MR) is 77.3 cm³/mol. The Morgan fingerprint density at radius 2 is 2.11 bits per heavy atom. The number of nitrogens with one attached hydrogen (secondary N) is 2. The van der Waals surface area contributed by atoms with E-state index in [4.69, 9.17) is 0 Å². The van der Waals surface area contributed by atoms with Crippen LogP contribution in [0.15, 0.2) is 12.4 Å². The second kappa shape index (κ2) is 8.45. The van der Waals surface area contributed by atoms with E-state index in [1.807, 2.05) is 13.8 Å². The van der Waals surface area contributed by atoms with E-state index in [0.29, 0.717) is 11.5 Å².